The molecule has 0 unspecified atom stereocenters. The minimum atomic E-state index is 0.345. The number of rotatable bonds is 2. The zero-order chi connectivity index (χ0) is 10.9. The fourth-order valence-electron chi connectivity index (χ4n) is 2.58. The average Bonchev–Trinajstić information content (AvgIpc) is 2.19. The predicted octanol–water partition coefficient (Wildman–Crippen LogP) is 3.45. The third-order valence-corrected chi connectivity index (χ3v) is 3.46. The first-order valence-electron chi connectivity index (χ1n) is 5.75. The maximum Gasteiger partial charge on any atom is 0.0713 e. The van der Waals surface area contributed by atoms with Gasteiger partial charge in [0.25, 0.3) is 0 Å². The summed E-state index contributed by atoms with van der Waals surface area (Å²) in [6.45, 7) is 5.42. The highest BCUT2D eigenvalue weighted by atomic mass is 16.5. The quantitative estimate of drug-likeness (QED) is 0.717. The molecule has 1 aromatic carbocycles. The van der Waals surface area contributed by atoms with Crippen LogP contribution in [0.25, 0.3) is 0 Å². The van der Waals surface area contributed by atoms with E-state index in [1.807, 2.05) is 0 Å². The minimum absolute atomic E-state index is 0.345. The van der Waals surface area contributed by atoms with Crippen LogP contribution in [0, 0.1) is 0 Å². The lowest BCUT2D eigenvalue weighted by atomic mass is 9.72. The van der Waals surface area contributed by atoms with Gasteiger partial charge >= 0.3 is 0 Å². The number of benzene rings is 1. The Balaban J connectivity index is 2.39. The van der Waals surface area contributed by atoms with Crippen molar-refractivity contribution in [3.63, 3.8) is 0 Å². The zero-order valence-electron chi connectivity index (χ0n) is 9.97. The van der Waals surface area contributed by atoms with E-state index < -0.39 is 0 Å². The second-order valence-electron chi connectivity index (χ2n) is 5.16. The number of fused-ring (bicyclic) bond motifs is 1. The molecule has 82 valence electrons. The molecular formula is C14H20O. The monoisotopic (exact) mass is 204 g/mol. The topological polar surface area (TPSA) is 9.23 Å². The number of hydrogen-bond acceptors (Lipinski definition) is 1. The van der Waals surface area contributed by atoms with E-state index in [1.165, 1.54) is 36.0 Å². The maximum absolute atomic E-state index is 5.19. The molecule has 0 bridgehead atoms. The standard InChI is InChI=1S/C14H20O/c1-14(2)8-4-5-12-7-6-11(10-15-3)9-13(12)14/h6-7,9H,4-5,8,10H2,1-3H3. The van der Waals surface area contributed by atoms with Gasteiger partial charge < -0.3 is 4.74 Å². The summed E-state index contributed by atoms with van der Waals surface area (Å²) in [5.41, 5.74) is 4.71. The van der Waals surface area contributed by atoms with Crippen LogP contribution in [0.3, 0.4) is 0 Å². The molecule has 0 saturated heterocycles. The fourth-order valence-corrected chi connectivity index (χ4v) is 2.58. The van der Waals surface area contributed by atoms with Crippen molar-refractivity contribution in [2.45, 2.75) is 45.1 Å². The Morgan fingerprint density at radius 2 is 2.13 bits per heavy atom. The second kappa shape index (κ2) is 3.97. The number of methoxy groups -OCH3 is 1. The predicted molar refractivity (Wildman–Crippen MR) is 63.1 cm³/mol. The zero-order valence-corrected chi connectivity index (χ0v) is 9.97. The molecule has 0 saturated carbocycles. The Morgan fingerprint density at radius 1 is 1.33 bits per heavy atom. The van der Waals surface area contributed by atoms with Crippen LogP contribution < -0.4 is 0 Å². The van der Waals surface area contributed by atoms with Gasteiger partial charge in [0.1, 0.15) is 0 Å². The van der Waals surface area contributed by atoms with Gasteiger partial charge in [-0.3, -0.25) is 0 Å². The number of ether oxygens (including phenoxy) is 1. The van der Waals surface area contributed by atoms with Crippen LogP contribution >= 0.6 is 0 Å². The van der Waals surface area contributed by atoms with E-state index in [0.29, 0.717) is 5.41 Å². The van der Waals surface area contributed by atoms with Crippen LogP contribution in [-0.2, 0) is 23.2 Å². The van der Waals surface area contributed by atoms with Gasteiger partial charge in [-0.1, -0.05) is 32.0 Å². The highest BCUT2D eigenvalue weighted by Gasteiger charge is 2.27. The molecule has 0 amide bonds. The van der Waals surface area contributed by atoms with Gasteiger partial charge in [0.15, 0.2) is 0 Å². The van der Waals surface area contributed by atoms with Crippen LogP contribution in [0.1, 0.15) is 43.4 Å². The van der Waals surface area contributed by atoms with Crippen LogP contribution in [0.2, 0.25) is 0 Å². The number of aryl methyl sites for hydroxylation is 1. The van der Waals surface area contributed by atoms with Crippen molar-refractivity contribution in [3.05, 3.63) is 34.9 Å². The van der Waals surface area contributed by atoms with Crippen LogP contribution in [0.15, 0.2) is 18.2 Å². The second-order valence-corrected chi connectivity index (χ2v) is 5.16. The molecular weight excluding hydrogens is 184 g/mol. The average molecular weight is 204 g/mol. The molecule has 0 heterocycles. The van der Waals surface area contributed by atoms with Gasteiger partial charge in [0.2, 0.25) is 0 Å². The summed E-state index contributed by atoms with van der Waals surface area (Å²) in [7, 11) is 1.75. The van der Waals surface area contributed by atoms with Crippen molar-refractivity contribution >= 4 is 0 Å². The normalized spacial score (nSPS) is 18.6. The van der Waals surface area contributed by atoms with E-state index in [2.05, 4.69) is 32.0 Å². The SMILES string of the molecule is COCc1ccc2c(c1)C(C)(C)CCC2. The van der Waals surface area contributed by atoms with Crippen LogP contribution in [-0.4, -0.2) is 7.11 Å². The molecule has 1 aromatic rings. The van der Waals surface area contributed by atoms with Gasteiger partial charge in [-0.15, -0.1) is 0 Å². The van der Waals surface area contributed by atoms with E-state index in [0.717, 1.165) is 6.61 Å². The highest BCUT2D eigenvalue weighted by molar-refractivity contribution is 5.38. The van der Waals surface area contributed by atoms with Gasteiger partial charge in [-0.05, 0) is 41.4 Å². The molecule has 0 atom stereocenters. The van der Waals surface area contributed by atoms with Crippen molar-refractivity contribution in [1.82, 2.24) is 0 Å². The van der Waals surface area contributed by atoms with Crippen molar-refractivity contribution < 1.29 is 4.74 Å². The molecule has 0 fully saturated rings. The molecule has 0 aliphatic heterocycles. The lowest BCUT2D eigenvalue weighted by Gasteiger charge is -2.33. The maximum atomic E-state index is 5.19. The van der Waals surface area contributed by atoms with Crippen molar-refractivity contribution in [1.29, 1.82) is 0 Å². The van der Waals surface area contributed by atoms with Gasteiger partial charge in [0, 0.05) is 7.11 Å². The molecule has 1 aliphatic carbocycles. The first kappa shape index (κ1) is 10.7. The smallest absolute Gasteiger partial charge is 0.0713 e. The Kier molecular flexibility index (Phi) is 2.83. The molecule has 0 aromatic heterocycles. The largest absolute Gasteiger partial charge is 0.380 e. The summed E-state index contributed by atoms with van der Waals surface area (Å²) in [5, 5.41) is 0. The summed E-state index contributed by atoms with van der Waals surface area (Å²) in [4.78, 5) is 0. The third-order valence-electron chi connectivity index (χ3n) is 3.46. The first-order chi connectivity index (χ1) is 7.13. The van der Waals surface area contributed by atoms with Crippen molar-refractivity contribution in [3.8, 4) is 0 Å². The Labute approximate surface area is 92.5 Å². The molecule has 1 heteroatoms. The summed E-state index contributed by atoms with van der Waals surface area (Å²) < 4.78 is 5.19. The Bertz CT molecular complexity index is 352. The van der Waals surface area contributed by atoms with Crippen molar-refractivity contribution in [2.24, 2.45) is 0 Å². The van der Waals surface area contributed by atoms with Crippen LogP contribution in [0.5, 0.6) is 0 Å². The molecule has 1 nitrogen and oxygen atoms in total. The fraction of sp³-hybridized carbons (Fsp3) is 0.571. The highest BCUT2D eigenvalue weighted by Crippen LogP contribution is 2.37. The van der Waals surface area contributed by atoms with Gasteiger partial charge in [-0.25, -0.2) is 0 Å². The number of hydrogen-bond donors (Lipinski definition) is 0. The molecule has 1 aliphatic rings. The summed E-state index contributed by atoms with van der Waals surface area (Å²) in [6, 6.07) is 6.81. The lowest BCUT2D eigenvalue weighted by Crippen LogP contribution is -2.23. The molecule has 0 N–H and O–H groups in total. The van der Waals surface area contributed by atoms with Gasteiger partial charge in [0.05, 0.1) is 6.61 Å². The lowest BCUT2D eigenvalue weighted by molar-refractivity contribution is 0.184. The van der Waals surface area contributed by atoms with E-state index in [-0.39, 0.29) is 0 Å². The first-order valence-corrected chi connectivity index (χ1v) is 5.75. The minimum Gasteiger partial charge on any atom is -0.380 e. The Morgan fingerprint density at radius 3 is 2.87 bits per heavy atom. The third kappa shape index (κ3) is 2.07. The molecule has 2 rings (SSSR count). The van der Waals surface area contributed by atoms with Gasteiger partial charge in [-0.2, -0.15) is 0 Å². The van der Waals surface area contributed by atoms with Crippen LogP contribution in [0.4, 0.5) is 0 Å². The molecule has 0 spiro atoms. The van der Waals surface area contributed by atoms with E-state index in [9.17, 15) is 0 Å². The molecule has 15 heavy (non-hydrogen) atoms. The summed E-state index contributed by atoms with van der Waals surface area (Å²) >= 11 is 0. The Hall–Kier alpha value is -0.820. The van der Waals surface area contributed by atoms with E-state index in [4.69, 9.17) is 4.74 Å². The summed E-state index contributed by atoms with van der Waals surface area (Å²) in [6.07, 6.45) is 3.87. The molecule has 0 radical (unpaired) electrons. The van der Waals surface area contributed by atoms with Crippen molar-refractivity contribution in [2.75, 3.05) is 7.11 Å². The summed E-state index contributed by atoms with van der Waals surface area (Å²) in [5.74, 6) is 0. The van der Waals surface area contributed by atoms with E-state index in [1.54, 1.807) is 7.11 Å². The van der Waals surface area contributed by atoms with E-state index >= 15 is 0 Å².